The van der Waals surface area contributed by atoms with Gasteiger partial charge in [-0.25, -0.2) is 0 Å². The van der Waals surface area contributed by atoms with Crippen molar-refractivity contribution in [3.63, 3.8) is 0 Å². The van der Waals surface area contributed by atoms with E-state index in [1.807, 2.05) is 0 Å². The van der Waals surface area contributed by atoms with Crippen LogP contribution in [0.5, 0.6) is 0 Å². The second-order valence-electron chi connectivity index (χ2n) is 7.07. The molecule has 0 saturated carbocycles. The third-order valence-electron chi connectivity index (χ3n) is 3.92. The van der Waals surface area contributed by atoms with E-state index < -0.39 is 5.91 Å². The first-order chi connectivity index (χ1) is 9.77. The van der Waals surface area contributed by atoms with Gasteiger partial charge in [0.15, 0.2) is 5.76 Å². The van der Waals surface area contributed by atoms with Crippen molar-refractivity contribution in [3.05, 3.63) is 23.2 Å². The fourth-order valence-electron chi connectivity index (χ4n) is 2.94. The smallest absolute Gasteiger partial charge is 0.284 e. The number of likely N-dealkylation sites (tertiary alicyclic amines) is 1. The van der Waals surface area contributed by atoms with E-state index in [-0.39, 0.29) is 17.2 Å². The molecule has 4 N–H and O–H groups in total. The zero-order valence-corrected chi connectivity index (χ0v) is 13.3. The minimum atomic E-state index is -0.515. The Morgan fingerprint density at radius 1 is 1.43 bits per heavy atom. The number of hydrogen-bond acceptors (Lipinski definition) is 4. The van der Waals surface area contributed by atoms with Gasteiger partial charge in [-0.05, 0) is 25.5 Å². The fourth-order valence-corrected chi connectivity index (χ4v) is 2.94. The maximum atomic E-state index is 11.4. The number of hydrogen-bond donors (Lipinski definition) is 2. The Morgan fingerprint density at radius 3 is 2.76 bits per heavy atom. The molecule has 0 unspecified atom stereocenters. The molecule has 0 aliphatic carbocycles. The monoisotopic (exact) mass is 293 g/mol. The highest BCUT2D eigenvalue weighted by atomic mass is 16.4. The number of primary amides is 1. The maximum Gasteiger partial charge on any atom is 0.284 e. The third-order valence-corrected chi connectivity index (χ3v) is 3.92. The minimum absolute atomic E-state index is 0.156. The molecule has 21 heavy (non-hydrogen) atoms. The molecule has 0 bridgehead atoms. The third kappa shape index (κ3) is 4.08. The summed E-state index contributed by atoms with van der Waals surface area (Å²) in [6.45, 7) is 8.92. The molecule has 1 atom stereocenters. The van der Waals surface area contributed by atoms with Crippen LogP contribution in [0.2, 0.25) is 0 Å². The molecule has 1 saturated heterocycles. The Kier molecular flexibility index (Phi) is 4.74. The summed E-state index contributed by atoms with van der Waals surface area (Å²) in [5.74, 6) is 0.572. The van der Waals surface area contributed by atoms with Crippen molar-refractivity contribution in [1.29, 1.82) is 0 Å². The van der Waals surface area contributed by atoms with Crippen LogP contribution in [0.4, 0.5) is 0 Å². The minimum Gasteiger partial charge on any atom is -0.455 e. The van der Waals surface area contributed by atoms with Gasteiger partial charge in [0.1, 0.15) is 5.76 Å². The second kappa shape index (κ2) is 6.20. The molecule has 5 nitrogen and oxygen atoms in total. The summed E-state index contributed by atoms with van der Waals surface area (Å²) >= 11 is 0. The van der Waals surface area contributed by atoms with E-state index in [9.17, 15) is 4.79 Å². The average molecular weight is 293 g/mol. The summed E-state index contributed by atoms with van der Waals surface area (Å²) in [7, 11) is 0. The van der Waals surface area contributed by atoms with Gasteiger partial charge in [-0.2, -0.15) is 0 Å². The highest BCUT2D eigenvalue weighted by Crippen LogP contribution is 2.30. The van der Waals surface area contributed by atoms with Crippen LogP contribution < -0.4 is 11.5 Å². The molecule has 1 aromatic heterocycles. The summed E-state index contributed by atoms with van der Waals surface area (Å²) in [5, 5.41) is 0. The molecule has 1 amide bonds. The number of carbonyl (C=O) groups excluding carboxylic acids is 1. The van der Waals surface area contributed by atoms with Gasteiger partial charge in [-0.3, -0.25) is 9.69 Å². The summed E-state index contributed by atoms with van der Waals surface area (Å²) in [6.07, 6.45) is 3.43. The van der Waals surface area contributed by atoms with Crippen molar-refractivity contribution in [2.45, 2.75) is 58.0 Å². The topological polar surface area (TPSA) is 85.5 Å². The van der Waals surface area contributed by atoms with Crippen molar-refractivity contribution in [2.75, 3.05) is 13.1 Å². The normalized spacial score (nSPS) is 21.2. The van der Waals surface area contributed by atoms with Crippen LogP contribution >= 0.6 is 0 Å². The quantitative estimate of drug-likeness (QED) is 0.892. The molecule has 1 fully saturated rings. The van der Waals surface area contributed by atoms with Crippen LogP contribution in [-0.4, -0.2) is 29.9 Å². The summed E-state index contributed by atoms with van der Waals surface area (Å²) in [4.78, 5) is 13.7. The standard InChI is InChI=1S/C16H27N3O2/c1-16(2,3)14-11(8-13(21-14)15(18)20)9-19-7-5-4-6-12(17)10-19/h8,12H,4-7,9-10,17H2,1-3H3,(H2,18,20)/t12-/m1/s1. The molecule has 5 heteroatoms. The second-order valence-corrected chi connectivity index (χ2v) is 7.07. The number of amides is 1. The number of nitrogens with two attached hydrogens (primary N) is 2. The van der Waals surface area contributed by atoms with E-state index in [0.29, 0.717) is 0 Å². The molecular formula is C16H27N3O2. The van der Waals surface area contributed by atoms with Crippen molar-refractivity contribution >= 4 is 5.91 Å². The van der Waals surface area contributed by atoms with E-state index in [4.69, 9.17) is 15.9 Å². The van der Waals surface area contributed by atoms with Gasteiger partial charge in [0.25, 0.3) is 5.91 Å². The highest BCUT2D eigenvalue weighted by Gasteiger charge is 2.27. The van der Waals surface area contributed by atoms with Gasteiger partial charge in [-0.15, -0.1) is 0 Å². The van der Waals surface area contributed by atoms with E-state index >= 15 is 0 Å². The van der Waals surface area contributed by atoms with Gasteiger partial charge in [0.05, 0.1) is 0 Å². The predicted molar refractivity (Wildman–Crippen MR) is 83.0 cm³/mol. The van der Waals surface area contributed by atoms with Gasteiger partial charge in [0, 0.05) is 30.1 Å². The van der Waals surface area contributed by atoms with Crippen LogP contribution in [0.15, 0.2) is 10.5 Å². The van der Waals surface area contributed by atoms with E-state index in [1.54, 1.807) is 6.07 Å². The predicted octanol–water partition coefficient (Wildman–Crippen LogP) is 1.99. The van der Waals surface area contributed by atoms with Gasteiger partial charge in [0.2, 0.25) is 0 Å². The van der Waals surface area contributed by atoms with Crippen molar-refractivity contribution in [3.8, 4) is 0 Å². The van der Waals surface area contributed by atoms with Gasteiger partial charge < -0.3 is 15.9 Å². The van der Waals surface area contributed by atoms with E-state index in [2.05, 4.69) is 25.7 Å². The Balaban J connectivity index is 2.23. The van der Waals surface area contributed by atoms with Crippen LogP contribution in [0.3, 0.4) is 0 Å². The molecule has 2 heterocycles. The Bertz CT molecular complexity index is 502. The first-order valence-electron chi connectivity index (χ1n) is 7.68. The zero-order chi connectivity index (χ0) is 15.6. The number of rotatable bonds is 3. The van der Waals surface area contributed by atoms with Gasteiger partial charge >= 0.3 is 0 Å². The Labute approximate surface area is 126 Å². The maximum absolute atomic E-state index is 11.4. The molecule has 1 aliphatic rings. The molecule has 1 aromatic rings. The lowest BCUT2D eigenvalue weighted by molar-refractivity contribution is 0.0970. The largest absolute Gasteiger partial charge is 0.455 e. The van der Waals surface area contributed by atoms with E-state index in [0.717, 1.165) is 37.4 Å². The van der Waals surface area contributed by atoms with Crippen LogP contribution in [0, 0.1) is 0 Å². The SMILES string of the molecule is CC(C)(C)c1oc(C(N)=O)cc1CN1CCCC[C@@H](N)C1. The molecule has 0 spiro atoms. The lowest BCUT2D eigenvalue weighted by Gasteiger charge is -2.24. The molecule has 2 rings (SSSR count). The molecule has 0 radical (unpaired) electrons. The zero-order valence-electron chi connectivity index (χ0n) is 13.3. The lowest BCUT2D eigenvalue weighted by Crippen LogP contribution is -2.35. The van der Waals surface area contributed by atoms with Crippen molar-refractivity contribution in [1.82, 2.24) is 4.90 Å². The van der Waals surface area contributed by atoms with E-state index in [1.165, 1.54) is 12.8 Å². The number of furan rings is 1. The highest BCUT2D eigenvalue weighted by molar-refractivity contribution is 5.90. The molecular weight excluding hydrogens is 266 g/mol. The number of carbonyl (C=O) groups is 1. The molecule has 118 valence electrons. The van der Waals surface area contributed by atoms with Crippen LogP contribution in [0.25, 0.3) is 0 Å². The fraction of sp³-hybridized carbons (Fsp3) is 0.688. The summed E-state index contributed by atoms with van der Waals surface area (Å²) in [6, 6.07) is 2.02. The van der Waals surface area contributed by atoms with Crippen molar-refractivity contribution < 1.29 is 9.21 Å². The van der Waals surface area contributed by atoms with Gasteiger partial charge in [-0.1, -0.05) is 27.2 Å². The summed E-state index contributed by atoms with van der Waals surface area (Å²) < 4.78 is 5.71. The average Bonchev–Trinajstić information content (AvgIpc) is 2.68. The summed E-state index contributed by atoms with van der Waals surface area (Å²) in [5.41, 5.74) is 12.4. The Hall–Kier alpha value is -1.33. The lowest BCUT2D eigenvalue weighted by atomic mass is 9.90. The first-order valence-corrected chi connectivity index (χ1v) is 7.68. The molecule has 1 aliphatic heterocycles. The Morgan fingerprint density at radius 2 is 2.14 bits per heavy atom. The molecule has 0 aromatic carbocycles. The first kappa shape index (κ1) is 16.0. The van der Waals surface area contributed by atoms with Crippen LogP contribution in [-0.2, 0) is 12.0 Å². The number of nitrogens with zero attached hydrogens (tertiary/aromatic N) is 1. The van der Waals surface area contributed by atoms with Crippen LogP contribution in [0.1, 0.15) is 61.9 Å². The van der Waals surface area contributed by atoms with Crippen molar-refractivity contribution in [2.24, 2.45) is 11.5 Å².